The number of nitrogens with zero attached hydrogens (tertiary/aromatic N) is 1. The number of rotatable bonds is 46. The lowest BCUT2D eigenvalue weighted by Crippen LogP contribution is -2.55. The number of esters is 2. The fraction of sp³-hybridized carbons (Fsp3) is 0.764. The summed E-state index contributed by atoms with van der Waals surface area (Å²) in [5, 5.41) is 11.7. The van der Waals surface area contributed by atoms with Crippen LogP contribution in [0.1, 0.15) is 219 Å². The molecule has 0 fully saturated rings. The normalized spacial score (nSPS) is 13.3. The van der Waals surface area contributed by atoms with Crippen LogP contribution in [0.2, 0.25) is 0 Å². The van der Waals surface area contributed by atoms with Crippen LogP contribution < -0.4 is 5.11 Å². The molecule has 0 spiro atoms. The maximum atomic E-state index is 12.8. The van der Waals surface area contributed by atoms with Crippen molar-refractivity contribution in [1.82, 2.24) is 0 Å². The molecule has 2 atom stereocenters. The van der Waals surface area contributed by atoms with Gasteiger partial charge in [0.25, 0.3) is 0 Å². The van der Waals surface area contributed by atoms with Gasteiger partial charge >= 0.3 is 11.9 Å². The molecule has 0 aromatic heterocycles. The molecule has 0 amide bonds. The van der Waals surface area contributed by atoms with Crippen molar-refractivity contribution in [2.75, 3.05) is 41.0 Å². The van der Waals surface area contributed by atoms with E-state index in [9.17, 15) is 19.5 Å². The first-order valence-electron chi connectivity index (χ1n) is 25.8. The van der Waals surface area contributed by atoms with Crippen LogP contribution in [0.3, 0.4) is 0 Å². The zero-order valence-electron chi connectivity index (χ0n) is 41.5. The minimum absolute atomic E-state index is 0.0288. The molecule has 0 aromatic carbocycles. The molecular formula is C55H97NO7. The Balaban J connectivity index is 4.31. The Morgan fingerprint density at radius 3 is 1.29 bits per heavy atom. The molecule has 0 saturated carbocycles. The number of hydrogen-bond acceptors (Lipinski definition) is 7. The van der Waals surface area contributed by atoms with E-state index >= 15 is 0 Å². The Labute approximate surface area is 388 Å². The molecule has 0 rings (SSSR count). The number of carboxylic acids is 1. The molecule has 8 nitrogen and oxygen atoms in total. The summed E-state index contributed by atoms with van der Waals surface area (Å²) in [5.41, 5.74) is 0. The van der Waals surface area contributed by atoms with Gasteiger partial charge < -0.3 is 28.6 Å². The van der Waals surface area contributed by atoms with E-state index in [-0.39, 0.29) is 42.7 Å². The lowest BCUT2D eigenvalue weighted by Gasteiger charge is -2.34. The van der Waals surface area contributed by atoms with Crippen LogP contribution in [0.25, 0.3) is 0 Å². The number of carbonyl (C=O) groups excluding carboxylic acids is 3. The van der Waals surface area contributed by atoms with Crippen LogP contribution in [0.5, 0.6) is 0 Å². The molecule has 0 N–H and O–H groups in total. The summed E-state index contributed by atoms with van der Waals surface area (Å²) in [6.07, 6.45) is 56.7. The molecule has 0 aliphatic carbocycles. The standard InChI is InChI=1S/C55H97NO7/c1-6-8-10-12-14-16-18-20-22-24-26-27-28-30-32-34-36-38-40-42-44-46-54(58)63-51(49-61-48-47-52(55(59)60)56(3,4)5)50-62-53(57)45-43-41-39-37-35-33-31-29-25-23-21-19-17-15-13-11-9-7-2/h14,16,20,22,26-27,29-32,51-52H,6-13,15,17-19,21,23-25,28,33-50H2,1-5H3/b16-14+,22-20+,27-26+,31-29+,32-30+. The average molecular weight is 884 g/mol. The van der Waals surface area contributed by atoms with Gasteiger partial charge in [-0.1, -0.05) is 177 Å². The van der Waals surface area contributed by atoms with Crippen molar-refractivity contribution < 1.29 is 38.2 Å². The van der Waals surface area contributed by atoms with Gasteiger partial charge in [-0.3, -0.25) is 9.59 Å². The lowest BCUT2D eigenvalue weighted by atomic mass is 10.1. The Hall–Kier alpha value is -2.97. The molecule has 0 saturated heterocycles. The lowest BCUT2D eigenvalue weighted by molar-refractivity contribution is -0.889. The number of carbonyl (C=O) groups is 3. The van der Waals surface area contributed by atoms with E-state index in [1.807, 2.05) is 0 Å². The SMILES string of the molecule is CCCCC/C=C/C/C=C/C/C=C/C/C=C/CCCCCCCC(=O)OC(COCCC(C(=O)[O-])[N+](C)(C)C)COC(=O)CCCCCCC/C=C/CCCCCCCCCCC. The van der Waals surface area contributed by atoms with Gasteiger partial charge in [0, 0.05) is 19.3 Å². The number of ether oxygens (including phenoxy) is 3. The Morgan fingerprint density at radius 2 is 0.841 bits per heavy atom. The molecular weight excluding hydrogens is 787 g/mol. The third kappa shape index (κ3) is 44.0. The van der Waals surface area contributed by atoms with Crippen LogP contribution in [-0.4, -0.2) is 75.5 Å². The minimum atomic E-state index is -1.13. The van der Waals surface area contributed by atoms with Crippen molar-refractivity contribution in [2.45, 2.75) is 231 Å². The molecule has 364 valence electrons. The summed E-state index contributed by atoms with van der Waals surface area (Å²) in [6.45, 7) is 4.62. The first-order chi connectivity index (χ1) is 30.6. The second kappa shape index (κ2) is 45.6. The average Bonchev–Trinajstić information content (AvgIpc) is 3.24. The monoisotopic (exact) mass is 884 g/mol. The molecule has 0 bridgehead atoms. The van der Waals surface area contributed by atoms with Crippen LogP contribution in [0.15, 0.2) is 60.8 Å². The fourth-order valence-corrected chi connectivity index (χ4v) is 7.34. The molecule has 63 heavy (non-hydrogen) atoms. The Kier molecular flexibility index (Phi) is 43.4. The minimum Gasteiger partial charge on any atom is -0.544 e. The number of likely N-dealkylation sites (N-methyl/N-ethyl adjacent to an activating group) is 1. The summed E-state index contributed by atoms with van der Waals surface area (Å²) in [5.74, 6) is -1.77. The third-order valence-electron chi connectivity index (χ3n) is 11.4. The zero-order valence-corrected chi connectivity index (χ0v) is 41.5. The second-order valence-electron chi connectivity index (χ2n) is 18.4. The van der Waals surface area contributed by atoms with Crippen molar-refractivity contribution in [2.24, 2.45) is 0 Å². The van der Waals surface area contributed by atoms with E-state index in [1.165, 1.54) is 96.3 Å². The number of quaternary nitrogens is 1. The van der Waals surface area contributed by atoms with E-state index in [0.717, 1.165) is 89.9 Å². The third-order valence-corrected chi connectivity index (χ3v) is 11.4. The Morgan fingerprint density at radius 1 is 0.476 bits per heavy atom. The van der Waals surface area contributed by atoms with Crippen molar-refractivity contribution in [3.63, 3.8) is 0 Å². The number of carboxylic acid groups (broad SMARTS) is 1. The van der Waals surface area contributed by atoms with Crippen LogP contribution in [0.4, 0.5) is 0 Å². The molecule has 0 aliphatic rings. The highest BCUT2D eigenvalue weighted by Crippen LogP contribution is 2.14. The zero-order chi connectivity index (χ0) is 46.3. The van der Waals surface area contributed by atoms with E-state index in [0.29, 0.717) is 12.8 Å². The fourth-order valence-electron chi connectivity index (χ4n) is 7.34. The molecule has 8 heteroatoms. The predicted molar refractivity (Wildman–Crippen MR) is 263 cm³/mol. The van der Waals surface area contributed by atoms with Gasteiger partial charge in [0.05, 0.1) is 40.3 Å². The summed E-state index contributed by atoms with van der Waals surface area (Å²) < 4.78 is 17.2. The maximum Gasteiger partial charge on any atom is 0.306 e. The van der Waals surface area contributed by atoms with Crippen LogP contribution in [0, 0.1) is 0 Å². The van der Waals surface area contributed by atoms with Crippen molar-refractivity contribution in [1.29, 1.82) is 0 Å². The van der Waals surface area contributed by atoms with E-state index in [1.54, 1.807) is 21.1 Å². The van der Waals surface area contributed by atoms with E-state index in [2.05, 4.69) is 74.6 Å². The summed E-state index contributed by atoms with van der Waals surface area (Å²) in [4.78, 5) is 37.0. The number of hydrogen-bond donors (Lipinski definition) is 0. The quantitative estimate of drug-likeness (QED) is 0.0260. The molecule has 0 radical (unpaired) electrons. The summed E-state index contributed by atoms with van der Waals surface area (Å²) in [7, 11) is 5.40. The molecule has 0 aromatic rings. The van der Waals surface area contributed by atoms with Crippen molar-refractivity contribution >= 4 is 17.9 Å². The summed E-state index contributed by atoms with van der Waals surface area (Å²) in [6, 6.07) is -0.733. The van der Waals surface area contributed by atoms with Gasteiger partial charge in [0.2, 0.25) is 0 Å². The summed E-state index contributed by atoms with van der Waals surface area (Å²) >= 11 is 0. The van der Waals surface area contributed by atoms with Gasteiger partial charge in [-0.25, -0.2) is 0 Å². The first kappa shape index (κ1) is 60.0. The van der Waals surface area contributed by atoms with Gasteiger partial charge in [-0.15, -0.1) is 0 Å². The highest BCUT2D eigenvalue weighted by atomic mass is 16.6. The Bertz CT molecular complexity index is 1210. The maximum absolute atomic E-state index is 12.8. The molecule has 0 aliphatic heterocycles. The van der Waals surface area contributed by atoms with Gasteiger partial charge in [-0.05, 0) is 83.5 Å². The largest absolute Gasteiger partial charge is 0.544 e. The highest BCUT2D eigenvalue weighted by molar-refractivity contribution is 5.70. The van der Waals surface area contributed by atoms with Gasteiger partial charge in [-0.2, -0.15) is 0 Å². The first-order valence-corrected chi connectivity index (χ1v) is 25.8. The van der Waals surface area contributed by atoms with Crippen molar-refractivity contribution in [3.8, 4) is 0 Å². The molecule has 0 heterocycles. The van der Waals surface area contributed by atoms with Crippen LogP contribution >= 0.6 is 0 Å². The predicted octanol–water partition coefficient (Wildman–Crippen LogP) is 13.6. The van der Waals surface area contributed by atoms with E-state index < -0.39 is 18.1 Å². The number of unbranched alkanes of at least 4 members (excludes halogenated alkanes) is 22. The smallest absolute Gasteiger partial charge is 0.306 e. The number of aliphatic carboxylic acids is 1. The van der Waals surface area contributed by atoms with Crippen LogP contribution in [-0.2, 0) is 28.6 Å². The van der Waals surface area contributed by atoms with E-state index in [4.69, 9.17) is 14.2 Å². The van der Waals surface area contributed by atoms with Gasteiger partial charge in [0.1, 0.15) is 12.6 Å². The highest BCUT2D eigenvalue weighted by Gasteiger charge is 2.25. The van der Waals surface area contributed by atoms with Crippen molar-refractivity contribution in [3.05, 3.63) is 60.8 Å². The number of allylic oxidation sites excluding steroid dienone is 10. The molecule has 2 unspecified atom stereocenters. The second-order valence-corrected chi connectivity index (χ2v) is 18.4. The topological polar surface area (TPSA) is 102 Å². The van der Waals surface area contributed by atoms with Gasteiger partial charge in [0.15, 0.2) is 6.10 Å².